The summed E-state index contributed by atoms with van der Waals surface area (Å²) in [5.74, 6) is -1.07. The number of halogens is 1. The maximum Gasteiger partial charge on any atom is 1.00 e. The summed E-state index contributed by atoms with van der Waals surface area (Å²) in [4.78, 5) is 34.5. The zero-order valence-corrected chi connectivity index (χ0v) is 28.3. The van der Waals surface area contributed by atoms with Crippen molar-refractivity contribution < 1.29 is 75.6 Å². The van der Waals surface area contributed by atoms with Gasteiger partial charge in [0.25, 0.3) is 0 Å². The Kier molecular flexibility index (Phi) is 13.4. The predicted octanol–water partition coefficient (Wildman–Crippen LogP) is 2.28. The second-order valence-electron chi connectivity index (χ2n) is 8.53. The number of nitrogen functional groups attached to an aromatic ring is 1. The first kappa shape index (κ1) is 34.5. The van der Waals surface area contributed by atoms with Crippen LogP contribution in [0.1, 0.15) is 24.1 Å². The van der Waals surface area contributed by atoms with Crippen molar-refractivity contribution >= 4 is 58.1 Å². The number of nitriles is 1. The number of carbonyl (C=O) groups excluding carboxylic acids is 2. The number of hydrogen-bond donors (Lipinski definition) is 1. The molecule has 0 saturated carbocycles. The number of aromatic nitrogens is 2. The molecule has 4 rings (SSSR count). The molecule has 0 aliphatic heterocycles. The van der Waals surface area contributed by atoms with Crippen LogP contribution in [-0.4, -0.2) is 35.1 Å². The van der Waals surface area contributed by atoms with Crippen molar-refractivity contribution in [3.8, 4) is 33.5 Å². The van der Waals surface area contributed by atoms with Gasteiger partial charge in [-0.2, -0.15) is 5.26 Å². The van der Waals surface area contributed by atoms with Gasteiger partial charge in [0, 0.05) is 33.3 Å². The summed E-state index contributed by atoms with van der Waals surface area (Å²) in [6, 6.07) is 16.3. The molecule has 0 saturated heterocycles. The molecule has 43 heavy (non-hydrogen) atoms. The van der Waals surface area contributed by atoms with Crippen LogP contribution in [0.4, 0.5) is 11.5 Å². The van der Waals surface area contributed by atoms with E-state index in [-0.39, 0.29) is 88.1 Å². The fourth-order valence-electron chi connectivity index (χ4n) is 3.72. The Labute approximate surface area is 303 Å². The SMILES string of the molecule is [C-]#[N+]c1c(N)nc(SCc2csc(-c3ccc(Cl)cc3)n2)c(C#N)c1-c1ccc(OCCOC(=O)CCC(=O)[O-])cc1.[K+]. The summed E-state index contributed by atoms with van der Waals surface area (Å²) < 4.78 is 10.5. The summed E-state index contributed by atoms with van der Waals surface area (Å²) in [6.07, 6.45) is -0.681. The van der Waals surface area contributed by atoms with Gasteiger partial charge in [0.05, 0.1) is 24.3 Å². The molecule has 2 aromatic heterocycles. The summed E-state index contributed by atoms with van der Waals surface area (Å²) in [6.45, 7) is 7.65. The molecule has 0 fully saturated rings. The summed E-state index contributed by atoms with van der Waals surface area (Å²) in [5, 5.41) is 24.3. The van der Waals surface area contributed by atoms with Gasteiger partial charge in [0.2, 0.25) is 5.69 Å². The van der Waals surface area contributed by atoms with Crippen LogP contribution in [0.25, 0.3) is 26.5 Å². The third-order valence-electron chi connectivity index (χ3n) is 5.68. The van der Waals surface area contributed by atoms with Crippen LogP contribution in [0.2, 0.25) is 5.02 Å². The Hall–Kier alpha value is -2.98. The fourth-order valence-corrected chi connectivity index (χ4v) is 5.67. The van der Waals surface area contributed by atoms with E-state index in [1.165, 1.54) is 23.1 Å². The van der Waals surface area contributed by atoms with Gasteiger partial charge in [0.1, 0.15) is 40.9 Å². The van der Waals surface area contributed by atoms with Crippen LogP contribution in [0.3, 0.4) is 0 Å². The van der Waals surface area contributed by atoms with Gasteiger partial charge in [0.15, 0.2) is 0 Å². The first-order valence-corrected chi connectivity index (χ1v) is 14.6. The van der Waals surface area contributed by atoms with Gasteiger partial charge in [-0.25, -0.2) is 14.8 Å². The largest absolute Gasteiger partial charge is 1.00 e. The number of rotatable bonds is 12. The standard InChI is InChI=1S/C29H22ClN5O5S2.K/c1-33-26-25(17-4-8-21(9-5-17)39-12-13-40-24(38)11-10-23(36)37)22(14-31)29(35-27(26)32)42-16-20-15-41-28(34-20)18-2-6-19(30)7-3-18;/h2-9,15H,10-13,16H2,(H2,32,35)(H,36,37);/q;+1/p-1. The predicted molar refractivity (Wildman–Crippen MR) is 158 cm³/mol. The molecule has 0 aliphatic carbocycles. The molecule has 0 unspecified atom stereocenters. The molecule has 4 aromatic rings. The molecule has 2 aromatic carbocycles. The number of carboxylic acid groups (broad SMARTS) is 1. The van der Waals surface area contributed by atoms with Gasteiger partial charge < -0.3 is 25.1 Å². The molecule has 0 spiro atoms. The zero-order valence-electron chi connectivity index (χ0n) is 22.8. The van der Waals surface area contributed by atoms with Crippen molar-refractivity contribution in [2.24, 2.45) is 0 Å². The molecule has 0 bridgehead atoms. The number of pyridine rings is 1. The van der Waals surface area contributed by atoms with E-state index in [0.717, 1.165) is 16.3 Å². The van der Waals surface area contributed by atoms with Crippen LogP contribution in [0.15, 0.2) is 58.9 Å². The van der Waals surface area contributed by atoms with E-state index in [2.05, 4.69) is 20.9 Å². The molecule has 0 atom stereocenters. The van der Waals surface area contributed by atoms with Crippen molar-refractivity contribution in [1.29, 1.82) is 5.26 Å². The molecule has 212 valence electrons. The van der Waals surface area contributed by atoms with Crippen LogP contribution < -0.4 is 67.0 Å². The number of ether oxygens (including phenoxy) is 2. The average Bonchev–Trinajstić information content (AvgIpc) is 3.46. The van der Waals surface area contributed by atoms with Gasteiger partial charge in [-0.1, -0.05) is 47.6 Å². The molecule has 2 N–H and O–H groups in total. The Morgan fingerprint density at radius 2 is 1.79 bits per heavy atom. The average molecular weight is 658 g/mol. The number of aliphatic carboxylic acids is 1. The second-order valence-corrected chi connectivity index (χ2v) is 10.8. The molecule has 0 aliphatic rings. The number of hydrogen-bond acceptors (Lipinski definition) is 11. The smallest absolute Gasteiger partial charge is 0.550 e. The zero-order chi connectivity index (χ0) is 30.1. The van der Waals surface area contributed by atoms with Crippen LogP contribution in [-0.2, 0) is 20.1 Å². The minimum absolute atomic E-state index is 0. The normalized spacial score (nSPS) is 10.2. The van der Waals surface area contributed by atoms with E-state index < -0.39 is 18.4 Å². The van der Waals surface area contributed by atoms with Crippen LogP contribution >= 0.6 is 34.7 Å². The molecule has 10 nitrogen and oxygen atoms in total. The molecule has 0 amide bonds. The topological polar surface area (TPSA) is 156 Å². The van der Waals surface area contributed by atoms with Crippen LogP contribution in [0.5, 0.6) is 5.75 Å². The van der Waals surface area contributed by atoms with Crippen molar-refractivity contribution in [1.82, 2.24) is 9.97 Å². The Balaban J connectivity index is 0.00000506. The maximum atomic E-state index is 11.5. The molecular formula is C29H21ClKN5O5S2. The number of thioether (sulfide) groups is 1. The van der Waals surface area contributed by atoms with E-state index in [4.69, 9.17) is 33.4 Å². The van der Waals surface area contributed by atoms with Gasteiger partial charge in [-0.3, -0.25) is 4.79 Å². The van der Waals surface area contributed by atoms with Crippen molar-refractivity contribution in [3.05, 3.63) is 81.6 Å². The summed E-state index contributed by atoms with van der Waals surface area (Å²) in [5.41, 5.74) is 9.16. The van der Waals surface area contributed by atoms with Crippen molar-refractivity contribution in [3.63, 3.8) is 0 Å². The van der Waals surface area contributed by atoms with E-state index in [1.807, 2.05) is 17.5 Å². The van der Waals surface area contributed by atoms with E-state index in [0.29, 0.717) is 32.7 Å². The minimum Gasteiger partial charge on any atom is -0.550 e. The Morgan fingerprint density at radius 3 is 2.44 bits per heavy atom. The Bertz CT molecular complexity index is 1690. The van der Waals surface area contributed by atoms with Gasteiger partial charge >= 0.3 is 57.4 Å². The maximum absolute atomic E-state index is 11.5. The number of carboxylic acids is 1. The molecular weight excluding hydrogens is 637 g/mol. The third kappa shape index (κ3) is 9.50. The summed E-state index contributed by atoms with van der Waals surface area (Å²) >= 11 is 8.79. The number of anilines is 1. The van der Waals surface area contributed by atoms with E-state index in [1.54, 1.807) is 36.4 Å². The number of esters is 1. The number of thiazole rings is 1. The monoisotopic (exact) mass is 657 g/mol. The molecule has 2 heterocycles. The van der Waals surface area contributed by atoms with Crippen molar-refractivity contribution in [2.75, 3.05) is 18.9 Å². The summed E-state index contributed by atoms with van der Waals surface area (Å²) in [7, 11) is 0. The number of carbonyl (C=O) groups is 2. The number of benzene rings is 2. The first-order valence-electron chi connectivity index (χ1n) is 12.3. The third-order valence-corrected chi connectivity index (χ3v) is 7.88. The van der Waals surface area contributed by atoms with Gasteiger partial charge in [-0.15, -0.1) is 11.3 Å². The van der Waals surface area contributed by atoms with E-state index in [9.17, 15) is 20.0 Å². The number of nitrogens with zero attached hydrogens (tertiary/aromatic N) is 4. The quantitative estimate of drug-likeness (QED) is 0.0788. The van der Waals surface area contributed by atoms with Crippen LogP contribution in [0, 0.1) is 17.9 Å². The fraction of sp³-hybridized carbons (Fsp3) is 0.172. The molecule has 14 heteroatoms. The van der Waals surface area contributed by atoms with Crippen molar-refractivity contribution in [2.45, 2.75) is 23.6 Å². The van der Waals surface area contributed by atoms with E-state index >= 15 is 0 Å². The minimum atomic E-state index is -1.32. The molecule has 0 radical (unpaired) electrons. The number of nitrogens with two attached hydrogens (primary N) is 1. The second kappa shape index (κ2) is 16.8. The van der Waals surface area contributed by atoms with Gasteiger partial charge in [-0.05, 0) is 36.2 Å². The first-order chi connectivity index (χ1) is 20.3. The Morgan fingerprint density at radius 1 is 1.09 bits per heavy atom.